The number of hydrogen-bond acceptors (Lipinski definition) is 3. The molecule has 1 aromatic carbocycles. The summed E-state index contributed by atoms with van der Waals surface area (Å²) < 4.78 is 0. The first kappa shape index (κ1) is 10.7. The Morgan fingerprint density at radius 2 is 1.93 bits per heavy atom. The highest BCUT2D eigenvalue weighted by molar-refractivity contribution is 5.32. The second-order valence-corrected chi connectivity index (χ2v) is 3.27. The molecule has 1 aromatic rings. The van der Waals surface area contributed by atoms with Crippen molar-refractivity contribution in [2.75, 3.05) is 6.54 Å². The Hall–Kier alpha value is -1.37. The van der Waals surface area contributed by atoms with Gasteiger partial charge in [-0.25, -0.2) is 0 Å². The fraction of sp³-hybridized carbons (Fsp3) is 0.364. The van der Waals surface area contributed by atoms with Crippen LogP contribution in [0.2, 0.25) is 0 Å². The average molecular weight is 189 g/mol. The Labute approximate surface area is 84.3 Å². The van der Waals surface area contributed by atoms with E-state index in [1.165, 1.54) is 0 Å². The fourth-order valence-corrected chi connectivity index (χ4v) is 1.31. The molecule has 0 bridgehead atoms. The van der Waals surface area contributed by atoms with Crippen LogP contribution in [-0.4, -0.2) is 6.54 Å². The molecular weight excluding hydrogens is 174 g/mol. The molecule has 1 atom stereocenters. The van der Waals surface area contributed by atoms with Gasteiger partial charge in [-0.2, -0.15) is 5.26 Å². The molecule has 0 aliphatic rings. The van der Waals surface area contributed by atoms with Gasteiger partial charge < -0.3 is 11.5 Å². The standard InChI is InChI=1S/C11H15N3/c12-7-1-2-11(14)10-5-3-9(8-13)4-6-10/h3-6,11H,1-2,7,12,14H2/t11-/m0/s1. The molecule has 0 aliphatic carbocycles. The van der Waals surface area contributed by atoms with E-state index in [4.69, 9.17) is 16.7 Å². The van der Waals surface area contributed by atoms with Gasteiger partial charge in [0.2, 0.25) is 0 Å². The van der Waals surface area contributed by atoms with E-state index < -0.39 is 0 Å². The monoisotopic (exact) mass is 189 g/mol. The number of benzene rings is 1. The van der Waals surface area contributed by atoms with Gasteiger partial charge in [0, 0.05) is 6.04 Å². The van der Waals surface area contributed by atoms with E-state index in [1.807, 2.05) is 12.1 Å². The SMILES string of the molecule is N#Cc1ccc([C@@H](N)CCCN)cc1. The van der Waals surface area contributed by atoms with Gasteiger partial charge in [-0.3, -0.25) is 0 Å². The smallest absolute Gasteiger partial charge is 0.0991 e. The van der Waals surface area contributed by atoms with Crippen molar-refractivity contribution >= 4 is 0 Å². The summed E-state index contributed by atoms with van der Waals surface area (Å²) >= 11 is 0. The average Bonchev–Trinajstić information content (AvgIpc) is 2.26. The molecule has 0 aliphatic heterocycles. The van der Waals surface area contributed by atoms with Gasteiger partial charge in [0.1, 0.15) is 0 Å². The summed E-state index contributed by atoms with van der Waals surface area (Å²) in [4.78, 5) is 0. The van der Waals surface area contributed by atoms with Crippen LogP contribution in [0.3, 0.4) is 0 Å². The van der Waals surface area contributed by atoms with E-state index in [1.54, 1.807) is 12.1 Å². The largest absolute Gasteiger partial charge is 0.330 e. The molecule has 14 heavy (non-hydrogen) atoms. The highest BCUT2D eigenvalue weighted by atomic mass is 14.6. The molecule has 0 spiro atoms. The summed E-state index contributed by atoms with van der Waals surface area (Å²) in [6.07, 6.45) is 1.82. The fourth-order valence-electron chi connectivity index (χ4n) is 1.31. The predicted octanol–water partition coefficient (Wildman–Crippen LogP) is 1.30. The van der Waals surface area contributed by atoms with Gasteiger partial charge >= 0.3 is 0 Å². The zero-order valence-corrected chi connectivity index (χ0v) is 8.11. The van der Waals surface area contributed by atoms with Crippen LogP contribution in [0.1, 0.15) is 30.0 Å². The molecular formula is C11H15N3. The molecule has 1 rings (SSSR count). The Morgan fingerprint density at radius 3 is 2.43 bits per heavy atom. The van der Waals surface area contributed by atoms with Crippen LogP contribution in [0.15, 0.2) is 24.3 Å². The summed E-state index contributed by atoms with van der Waals surface area (Å²) in [6.45, 7) is 0.671. The molecule has 0 radical (unpaired) electrons. The van der Waals surface area contributed by atoms with Crippen molar-refractivity contribution < 1.29 is 0 Å². The molecule has 3 nitrogen and oxygen atoms in total. The lowest BCUT2D eigenvalue weighted by Gasteiger charge is -2.10. The number of nitrogens with zero attached hydrogens (tertiary/aromatic N) is 1. The number of nitrogens with two attached hydrogens (primary N) is 2. The van der Waals surface area contributed by atoms with Gasteiger partial charge in [-0.15, -0.1) is 0 Å². The molecule has 0 amide bonds. The van der Waals surface area contributed by atoms with E-state index in [2.05, 4.69) is 6.07 Å². The predicted molar refractivity (Wildman–Crippen MR) is 56.4 cm³/mol. The van der Waals surface area contributed by atoms with Crippen LogP contribution in [0.25, 0.3) is 0 Å². The second kappa shape index (κ2) is 5.38. The maximum absolute atomic E-state index is 8.61. The summed E-state index contributed by atoms with van der Waals surface area (Å²) in [5, 5.41) is 8.61. The van der Waals surface area contributed by atoms with Gasteiger partial charge in [-0.1, -0.05) is 12.1 Å². The quantitative estimate of drug-likeness (QED) is 0.749. The molecule has 0 heterocycles. The van der Waals surface area contributed by atoms with Crippen molar-refractivity contribution in [1.29, 1.82) is 5.26 Å². The van der Waals surface area contributed by atoms with Crippen LogP contribution >= 0.6 is 0 Å². The second-order valence-electron chi connectivity index (χ2n) is 3.27. The van der Waals surface area contributed by atoms with Crippen LogP contribution in [0.5, 0.6) is 0 Å². The maximum Gasteiger partial charge on any atom is 0.0991 e. The third-order valence-electron chi connectivity index (χ3n) is 2.19. The molecule has 4 N–H and O–H groups in total. The first-order chi connectivity index (χ1) is 6.77. The summed E-state index contributed by atoms with van der Waals surface area (Å²) in [7, 11) is 0. The first-order valence-electron chi connectivity index (χ1n) is 4.73. The third kappa shape index (κ3) is 2.84. The molecule has 3 heteroatoms. The minimum Gasteiger partial charge on any atom is -0.330 e. The van der Waals surface area contributed by atoms with Crippen LogP contribution in [0.4, 0.5) is 0 Å². The van der Waals surface area contributed by atoms with Gasteiger partial charge in [0.15, 0.2) is 0 Å². The molecule has 0 fully saturated rings. The third-order valence-corrected chi connectivity index (χ3v) is 2.19. The van der Waals surface area contributed by atoms with E-state index in [-0.39, 0.29) is 6.04 Å². The molecule has 0 saturated carbocycles. The van der Waals surface area contributed by atoms with Crippen molar-refractivity contribution in [1.82, 2.24) is 0 Å². The molecule has 74 valence electrons. The van der Waals surface area contributed by atoms with E-state index in [9.17, 15) is 0 Å². The Balaban J connectivity index is 2.63. The minimum atomic E-state index is 0.0336. The zero-order chi connectivity index (χ0) is 10.4. The van der Waals surface area contributed by atoms with E-state index in [0.29, 0.717) is 12.1 Å². The van der Waals surface area contributed by atoms with Crippen molar-refractivity contribution in [3.05, 3.63) is 35.4 Å². The Morgan fingerprint density at radius 1 is 1.29 bits per heavy atom. The Bertz CT molecular complexity index is 310. The van der Waals surface area contributed by atoms with Crippen molar-refractivity contribution in [3.63, 3.8) is 0 Å². The van der Waals surface area contributed by atoms with Gasteiger partial charge in [0.05, 0.1) is 11.6 Å². The van der Waals surface area contributed by atoms with Crippen LogP contribution in [-0.2, 0) is 0 Å². The highest BCUT2D eigenvalue weighted by Gasteiger charge is 2.04. The normalized spacial score (nSPS) is 12.1. The highest BCUT2D eigenvalue weighted by Crippen LogP contribution is 2.15. The van der Waals surface area contributed by atoms with Crippen molar-refractivity contribution in [2.45, 2.75) is 18.9 Å². The van der Waals surface area contributed by atoms with Crippen molar-refractivity contribution in [3.8, 4) is 6.07 Å². The lowest BCUT2D eigenvalue weighted by Crippen LogP contribution is -2.12. The molecule has 0 saturated heterocycles. The number of hydrogen-bond donors (Lipinski definition) is 2. The maximum atomic E-state index is 8.61. The van der Waals surface area contributed by atoms with E-state index in [0.717, 1.165) is 18.4 Å². The van der Waals surface area contributed by atoms with Crippen LogP contribution < -0.4 is 11.5 Å². The zero-order valence-electron chi connectivity index (χ0n) is 8.11. The summed E-state index contributed by atoms with van der Waals surface area (Å²) in [5.41, 5.74) is 13.1. The first-order valence-corrected chi connectivity index (χ1v) is 4.73. The van der Waals surface area contributed by atoms with E-state index >= 15 is 0 Å². The topological polar surface area (TPSA) is 75.8 Å². The van der Waals surface area contributed by atoms with Gasteiger partial charge in [0.25, 0.3) is 0 Å². The molecule has 0 aromatic heterocycles. The number of rotatable bonds is 4. The lowest BCUT2D eigenvalue weighted by molar-refractivity contribution is 0.618. The number of nitriles is 1. The summed E-state index contributed by atoms with van der Waals surface area (Å²) in [6, 6.07) is 9.49. The lowest BCUT2D eigenvalue weighted by atomic mass is 10.0. The molecule has 0 unspecified atom stereocenters. The Kier molecular flexibility index (Phi) is 4.11. The minimum absolute atomic E-state index is 0.0336. The van der Waals surface area contributed by atoms with Crippen molar-refractivity contribution in [2.24, 2.45) is 11.5 Å². The van der Waals surface area contributed by atoms with Crippen LogP contribution in [0, 0.1) is 11.3 Å². The van der Waals surface area contributed by atoms with Gasteiger partial charge in [-0.05, 0) is 37.1 Å². The summed E-state index contributed by atoms with van der Waals surface area (Å²) in [5.74, 6) is 0.